The molecule has 4 rings (SSSR count). The van der Waals surface area contributed by atoms with Gasteiger partial charge in [0.25, 0.3) is 0 Å². The number of carbonyl (C=O) groups excluding carboxylic acids is 2. The fourth-order valence-electron chi connectivity index (χ4n) is 3.34. The minimum atomic E-state index is -0.318. The Morgan fingerprint density at radius 3 is 2.76 bits per heavy atom. The van der Waals surface area contributed by atoms with Gasteiger partial charge < -0.3 is 10.2 Å². The van der Waals surface area contributed by atoms with Crippen LogP contribution in [0.5, 0.6) is 0 Å². The average molecular weight is 388 g/mol. The van der Waals surface area contributed by atoms with Crippen LogP contribution in [0.1, 0.15) is 36.1 Å². The van der Waals surface area contributed by atoms with Gasteiger partial charge >= 0.3 is 0 Å². The van der Waals surface area contributed by atoms with Gasteiger partial charge in [-0.05, 0) is 28.8 Å². The second-order valence-electron chi connectivity index (χ2n) is 6.73. The van der Waals surface area contributed by atoms with Gasteiger partial charge in [-0.1, -0.05) is 30.3 Å². The molecule has 0 aliphatic carbocycles. The van der Waals surface area contributed by atoms with Crippen LogP contribution in [0.15, 0.2) is 61.4 Å². The lowest BCUT2D eigenvalue weighted by Crippen LogP contribution is -2.35. The highest BCUT2D eigenvalue weighted by Gasteiger charge is 2.28. The van der Waals surface area contributed by atoms with Crippen molar-refractivity contribution < 1.29 is 9.59 Å². The number of nitrogens with one attached hydrogen (secondary N) is 1. The molecule has 3 heterocycles. The van der Waals surface area contributed by atoms with E-state index in [0.717, 1.165) is 16.7 Å². The predicted molar refractivity (Wildman–Crippen MR) is 106 cm³/mol. The number of hydrogen-bond donors (Lipinski definition) is 1. The van der Waals surface area contributed by atoms with E-state index in [4.69, 9.17) is 0 Å². The van der Waals surface area contributed by atoms with Crippen molar-refractivity contribution in [2.45, 2.75) is 25.9 Å². The van der Waals surface area contributed by atoms with E-state index in [1.807, 2.05) is 42.5 Å². The summed E-state index contributed by atoms with van der Waals surface area (Å²) in [7, 11) is 0. The fraction of sp³-hybridized carbons (Fsp3) is 0.190. The van der Waals surface area contributed by atoms with Crippen LogP contribution >= 0.6 is 0 Å². The lowest BCUT2D eigenvalue weighted by atomic mass is 9.93. The van der Waals surface area contributed by atoms with Crippen LogP contribution in [0.4, 0.5) is 0 Å². The van der Waals surface area contributed by atoms with Gasteiger partial charge in [-0.15, -0.1) is 0 Å². The summed E-state index contributed by atoms with van der Waals surface area (Å²) in [6, 6.07) is 11.2. The van der Waals surface area contributed by atoms with E-state index in [0.29, 0.717) is 12.4 Å². The molecule has 1 atom stereocenters. The van der Waals surface area contributed by atoms with Crippen molar-refractivity contribution in [3.63, 3.8) is 0 Å². The third kappa shape index (κ3) is 4.06. The SMILES string of the molecule is CC(=O)N1C=Cc2ccccc2C1CC(=O)NCc1ccc(-n2cncn2)nc1. The first-order valence-corrected chi connectivity index (χ1v) is 9.24. The van der Waals surface area contributed by atoms with E-state index < -0.39 is 0 Å². The van der Waals surface area contributed by atoms with Crippen LogP contribution < -0.4 is 5.32 Å². The highest BCUT2D eigenvalue weighted by molar-refractivity contribution is 5.81. The normalized spacial score (nSPS) is 15.1. The molecule has 0 saturated heterocycles. The lowest BCUT2D eigenvalue weighted by molar-refractivity contribution is -0.130. The molecule has 1 N–H and O–H groups in total. The van der Waals surface area contributed by atoms with Crippen LogP contribution in [0.2, 0.25) is 0 Å². The van der Waals surface area contributed by atoms with Gasteiger partial charge in [-0.3, -0.25) is 9.59 Å². The molecule has 0 fully saturated rings. The van der Waals surface area contributed by atoms with E-state index in [-0.39, 0.29) is 24.3 Å². The van der Waals surface area contributed by atoms with Crippen molar-refractivity contribution in [1.29, 1.82) is 0 Å². The number of amides is 2. The zero-order chi connectivity index (χ0) is 20.2. The highest BCUT2D eigenvalue weighted by Crippen LogP contribution is 2.32. The van der Waals surface area contributed by atoms with Crippen molar-refractivity contribution in [2.75, 3.05) is 0 Å². The Bertz CT molecular complexity index is 1040. The zero-order valence-corrected chi connectivity index (χ0v) is 15.9. The number of fused-ring (bicyclic) bond motifs is 1. The van der Waals surface area contributed by atoms with Gasteiger partial charge in [0.05, 0.1) is 12.5 Å². The molecule has 0 spiro atoms. The van der Waals surface area contributed by atoms with Crippen LogP contribution in [0.25, 0.3) is 11.9 Å². The Balaban J connectivity index is 1.41. The Morgan fingerprint density at radius 1 is 1.17 bits per heavy atom. The lowest BCUT2D eigenvalue weighted by Gasteiger charge is -2.32. The van der Waals surface area contributed by atoms with E-state index in [1.54, 1.807) is 28.3 Å². The van der Waals surface area contributed by atoms with Crippen molar-refractivity contribution in [3.8, 4) is 5.82 Å². The number of carbonyl (C=O) groups is 2. The van der Waals surface area contributed by atoms with Crippen LogP contribution in [-0.4, -0.2) is 36.5 Å². The zero-order valence-electron chi connectivity index (χ0n) is 15.9. The van der Waals surface area contributed by atoms with E-state index in [9.17, 15) is 9.59 Å². The second-order valence-corrected chi connectivity index (χ2v) is 6.73. The molecular weight excluding hydrogens is 368 g/mol. The maximum absolute atomic E-state index is 12.6. The van der Waals surface area contributed by atoms with E-state index >= 15 is 0 Å². The van der Waals surface area contributed by atoms with E-state index in [2.05, 4.69) is 20.4 Å². The van der Waals surface area contributed by atoms with Gasteiger partial charge in [0.2, 0.25) is 11.8 Å². The third-order valence-corrected chi connectivity index (χ3v) is 4.80. The molecule has 8 nitrogen and oxygen atoms in total. The predicted octanol–water partition coefficient (Wildman–Crippen LogP) is 2.24. The second kappa shape index (κ2) is 8.05. The summed E-state index contributed by atoms with van der Waals surface area (Å²) in [6.07, 6.45) is 8.53. The Hall–Kier alpha value is -3.81. The van der Waals surface area contributed by atoms with Gasteiger partial charge in [-0.2, -0.15) is 5.10 Å². The summed E-state index contributed by atoms with van der Waals surface area (Å²) < 4.78 is 1.56. The van der Waals surface area contributed by atoms with Crippen molar-refractivity contribution in [1.82, 2.24) is 30.0 Å². The smallest absolute Gasteiger partial charge is 0.223 e. The molecule has 8 heteroatoms. The molecular formula is C21H20N6O2. The fourth-order valence-corrected chi connectivity index (χ4v) is 3.34. The maximum Gasteiger partial charge on any atom is 0.223 e. The number of pyridine rings is 1. The molecule has 0 radical (unpaired) electrons. The minimum absolute atomic E-state index is 0.0959. The molecule has 1 aliphatic heterocycles. The minimum Gasteiger partial charge on any atom is -0.352 e. The van der Waals surface area contributed by atoms with E-state index in [1.165, 1.54) is 13.3 Å². The summed E-state index contributed by atoms with van der Waals surface area (Å²) in [5.41, 5.74) is 2.87. The van der Waals surface area contributed by atoms with Gasteiger partial charge in [0, 0.05) is 25.9 Å². The summed E-state index contributed by atoms with van der Waals surface area (Å²) in [6.45, 7) is 1.86. The summed E-state index contributed by atoms with van der Waals surface area (Å²) in [4.78, 5) is 34.5. The summed E-state index contributed by atoms with van der Waals surface area (Å²) in [5.74, 6) is 0.424. The molecule has 2 aromatic heterocycles. The largest absolute Gasteiger partial charge is 0.352 e. The van der Waals surface area contributed by atoms with Gasteiger partial charge in [-0.25, -0.2) is 14.6 Å². The standard InChI is InChI=1S/C21H20N6O2/c1-15(28)26-9-8-17-4-2-3-5-18(17)19(26)10-21(29)24-12-16-6-7-20(23-11-16)27-14-22-13-25-27/h2-9,11,13-14,19H,10,12H2,1H3,(H,24,29). The molecule has 1 aliphatic rings. The number of hydrogen-bond acceptors (Lipinski definition) is 5. The molecule has 146 valence electrons. The highest BCUT2D eigenvalue weighted by atomic mass is 16.2. The number of aromatic nitrogens is 4. The number of nitrogens with zero attached hydrogens (tertiary/aromatic N) is 5. The monoisotopic (exact) mass is 388 g/mol. The van der Waals surface area contributed by atoms with Crippen LogP contribution in [0, 0.1) is 0 Å². The van der Waals surface area contributed by atoms with Crippen molar-refractivity contribution >= 4 is 17.9 Å². The Kier molecular flexibility index (Phi) is 5.15. The molecule has 3 aromatic rings. The van der Waals surface area contributed by atoms with Crippen molar-refractivity contribution in [3.05, 3.63) is 78.1 Å². The quantitative estimate of drug-likeness (QED) is 0.724. The number of benzene rings is 1. The molecule has 29 heavy (non-hydrogen) atoms. The first-order valence-electron chi connectivity index (χ1n) is 9.24. The first-order chi connectivity index (χ1) is 14.1. The average Bonchev–Trinajstić information content (AvgIpc) is 3.27. The third-order valence-electron chi connectivity index (χ3n) is 4.80. The number of rotatable bonds is 5. The van der Waals surface area contributed by atoms with Gasteiger partial charge in [0.15, 0.2) is 5.82 Å². The summed E-state index contributed by atoms with van der Waals surface area (Å²) in [5, 5.41) is 6.95. The molecule has 0 saturated carbocycles. The van der Waals surface area contributed by atoms with Crippen LogP contribution in [-0.2, 0) is 16.1 Å². The molecule has 0 bridgehead atoms. The summed E-state index contributed by atoms with van der Waals surface area (Å²) >= 11 is 0. The van der Waals surface area contributed by atoms with Crippen LogP contribution in [0.3, 0.4) is 0 Å². The Morgan fingerprint density at radius 2 is 2.03 bits per heavy atom. The molecule has 2 amide bonds. The Labute approximate surface area is 167 Å². The van der Waals surface area contributed by atoms with Crippen molar-refractivity contribution in [2.24, 2.45) is 0 Å². The maximum atomic E-state index is 12.6. The molecule has 1 unspecified atom stereocenters. The molecule has 1 aromatic carbocycles. The van der Waals surface area contributed by atoms with Gasteiger partial charge in [0.1, 0.15) is 12.7 Å². The first kappa shape index (κ1) is 18.5. The topological polar surface area (TPSA) is 93.0 Å².